The van der Waals surface area contributed by atoms with Gasteiger partial charge in [-0.3, -0.25) is 0 Å². The van der Waals surface area contributed by atoms with Crippen molar-refractivity contribution in [2.45, 2.75) is 38.0 Å². The van der Waals surface area contributed by atoms with Crippen molar-refractivity contribution < 1.29 is 36.6 Å². The summed E-state index contributed by atoms with van der Waals surface area (Å²) in [7, 11) is 0. The Balaban J connectivity index is 4.47. The molecule has 0 fully saturated rings. The summed E-state index contributed by atoms with van der Waals surface area (Å²) in [6.07, 6.45) is -11.6. The Kier molecular flexibility index (Phi) is 4.29. The fourth-order valence-corrected chi connectivity index (χ4v) is 0.807. The number of hydrogen-bond acceptors (Lipinski definition) is 3. The molecule has 0 radical (unpaired) electrons. The maximum atomic E-state index is 12.4. The van der Waals surface area contributed by atoms with Crippen molar-refractivity contribution in [1.29, 1.82) is 0 Å². The molecule has 0 bridgehead atoms. The molecular formula is C7H8F5O3-. The molecule has 0 saturated carbocycles. The molecule has 0 aliphatic heterocycles. The van der Waals surface area contributed by atoms with Gasteiger partial charge in [-0.05, 0) is 6.42 Å². The largest absolute Gasteiger partial charge is 0.546 e. The van der Waals surface area contributed by atoms with Gasteiger partial charge in [0, 0.05) is 12.5 Å². The number of alkyl halides is 5. The number of hydrogen-bond donors (Lipinski definition) is 0. The van der Waals surface area contributed by atoms with Crippen LogP contribution in [0.2, 0.25) is 0 Å². The van der Waals surface area contributed by atoms with E-state index >= 15 is 0 Å². The van der Waals surface area contributed by atoms with Gasteiger partial charge in [0.2, 0.25) is 0 Å². The molecule has 0 aromatic carbocycles. The Bertz CT molecular complexity index is 225. The SMILES string of the molecule is CCC(CC(F)(F)C(F)(F)F)OC(=O)[O-]. The quantitative estimate of drug-likeness (QED) is 0.550. The van der Waals surface area contributed by atoms with Crippen LogP contribution < -0.4 is 5.11 Å². The zero-order chi connectivity index (χ0) is 12.3. The van der Waals surface area contributed by atoms with E-state index in [9.17, 15) is 31.9 Å². The summed E-state index contributed by atoms with van der Waals surface area (Å²) in [4.78, 5) is 9.84. The van der Waals surface area contributed by atoms with Crippen molar-refractivity contribution in [3.63, 3.8) is 0 Å². The van der Waals surface area contributed by atoms with E-state index in [0.717, 1.165) is 0 Å². The van der Waals surface area contributed by atoms with Gasteiger partial charge in [-0.25, -0.2) is 0 Å². The first-order valence-corrected chi connectivity index (χ1v) is 3.92. The van der Waals surface area contributed by atoms with E-state index in [1.165, 1.54) is 6.92 Å². The normalized spacial score (nSPS) is 14.8. The highest BCUT2D eigenvalue weighted by atomic mass is 19.4. The van der Waals surface area contributed by atoms with Gasteiger partial charge in [-0.1, -0.05) is 6.92 Å². The minimum atomic E-state index is -5.71. The Labute approximate surface area is 81.8 Å². The standard InChI is InChI=1S/C7H9F5O3/c1-2-4(15-5(13)14)3-6(8,9)7(10,11)12/h4H,2-3H2,1H3,(H,13,14)/p-1. The highest BCUT2D eigenvalue weighted by Crippen LogP contribution is 2.39. The van der Waals surface area contributed by atoms with Gasteiger partial charge in [0.05, 0.1) is 0 Å². The third-order valence-electron chi connectivity index (χ3n) is 1.62. The van der Waals surface area contributed by atoms with Gasteiger partial charge in [0.1, 0.15) is 0 Å². The maximum absolute atomic E-state index is 12.4. The average molecular weight is 235 g/mol. The summed E-state index contributed by atoms with van der Waals surface area (Å²) in [5.41, 5.74) is 0. The zero-order valence-electron chi connectivity index (χ0n) is 7.61. The van der Waals surface area contributed by atoms with E-state index < -0.39 is 30.8 Å². The highest BCUT2D eigenvalue weighted by molar-refractivity contribution is 5.54. The van der Waals surface area contributed by atoms with Crippen molar-refractivity contribution in [3.05, 3.63) is 0 Å². The lowest BCUT2D eigenvalue weighted by Gasteiger charge is -2.26. The van der Waals surface area contributed by atoms with Crippen LogP contribution in [0.1, 0.15) is 19.8 Å². The Morgan fingerprint density at radius 3 is 2.07 bits per heavy atom. The molecule has 0 N–H and O–H groups in total. The molecule has 0 heterocycles. The number of halogens is 5. The van der Waals surface area contributed by atoms with Gasteiger partial charge in [-0.2, -0.15) is 22.0 Å². The lowest BCUT2D eigenvalue weighted by Crippen LogP contribution is -2.41. The number of rotatable bonds is 4. The monoisotopic (exact) mass is 235 g/mol. The van der Waals surface area contributed by atoms with Gasteiger partial charge in [0.15, 0.2) is 0 Å². The van der Waals surface area contributed by atoms with E-state index in [2.05, 4.69) is 4.74 Å². The molecule has 8 heteroatoms. The van der Waals surface area contributed by atoms with Crippen molar-refractivity contribution >= 4 is 6.16 Å². The second kappa shape index (κ2) is 4.63. The Hall–Kier alpha value is -1.08. The predicted molar refractivity (Wildman–Crippen MR) is 36.2 cm³/mol. The predicted octanol–water partition coefficient (Wildman–Crippen LogP) is 1.71. The van der Waals surface area contributed by atoms with E-state index in [1.54, 1.807) is 0 Å². The van der Waals surface area contributed by atoms with Crippen LogP contribution in [0.5, 0.6) is 0 Å². The van der Waals surface area contributed by atoms with E-state index in [1.807, 2.05) is 0 Å². The molecule has 0 rings (SSSR count). The lowest BCUT2D eigenvalue weighted by atomic mass is 10.1. The number of carboxylic acid groups (broad SMARTS) is 1. The number of carbonyl (C=O) groups excluding carboxylic acids is 1. The van der Waals surface area contributed by atoms with Crippen molar-refractivity contribution in [2.24, 2.45) is 0 Å². The Morgan fingerprint density at radius 2 is 1.80 bits per heavy atom. The van der Waals surface area contributed by atoms with E-state index in [0.29, 0.717) is 0 Å². The summed E-state index contributed by atoms with van der Waals surface area (Å²) in [5.74, 6) is -4.97. The molecule has 0 aliphatic rings. The molecule has 1 unspecified atom stereocenters. The van der Waals surface area contributed by atoms with E-state index in [-0.39, 0.29) is 6.42 Å². The van der Waals surface area contributed by atoms with Gasteiger partial charge < -0.3 is 14.6 Å². The maximum Gasteiger partial charge on any atom is 0.453 e. The molecule has 90 valence electrons. The fourth-order valence-electron chi connectivity index (χ4n) is 0.807. The molecule has 0 saturated heterocycles. The van der Waals surface area contributed by atoms with Crippen molar-refractivity contribution in [3.8, 4) is 0 Å². The smallest absolute Gasteiger partial charge is 0.453 e. The summed E-state index contributed by atoms with van der Waals surface area (Å²) < 4.78 is 63.7. The van der Waals surface area contributed by atoms with Crippen LogP contribution in [-0.2, 0) is 4.74 Å². The first-order valence-electron chi connectivity index (χ1n) is 3.92. The van der Waals surface area contributed by atoms with Gasteiger partial charge >= 0.3 is 12.1 Å². The summed E-state index contributed by atoms with van der Waals surface area (Å²) in [6, 6.07) is 0. The van der Waals surface area contributed by atoms with E-state index in [4.69, 9.17) is 0 Å². The van der Waals surface area contributed by atoms with Crippen molar-refractivity contribution in [2.75, 3.05) is 0 Å². The third-order valence-corrected chi connectivity index (χ3v) is 1.62. The number of carbonyl (C=O) groups is 1. The van der Waals surface area contributed by atoms with Crippen LogP contribution in [0.3, 0.4) is 0 Å². The van der Waals surface area contributed by atoms with Gasteiger partial charge in [0.25, 0.3) is 6.16 Å². The summed E-state index contributed by atoms with van der Waals surface area (Å²) in [5, 5.41) is 9.84. The highest BCUT2D eigenvalue weighted by Gasteiger charge is 2.57. The van der Waals surface area contributed by atoms with Crippen LogP contribution in [0.15, 0.2) is 0 Å². The molecule has 0 aromatic rings. The molecule has 3 nitrogen and oxygen atoms in total. The minimum absolute atomic E-state index is 0.292. The second-order valence-electron chi connectivity index (χ2n) is 2.80. The average Bonchev–Trinajstić information content (AvgIpc) is 1.99. The summed E-state index contributed by atoms with van der Waals surface area (Å²) >= 11 is 0. The topological polar surface area (TPSA) is 49.4 Å². The van der Waals surface area contributed by atoms with Crippen LogP contribution in [0, 0.1) is 0 Å². The lowest BCUT2D eigenvalue weighted by molar-refractivity contribution is -0.306. The van der Waals surface area contributed by atoms with Crippen LogP contribution in [0.25, 0.3) is 0 Å². The third kappa shape index (κ3) is 4.30. The van der Waals surface area contributed by atoms with Crippen LogP contribution in [-0.4, -0.2) is 24.4 Å². The van der Waals surface area contributed by atoms with Crippen LogP contribution in [0.4, 0.5) is 26.7 Å². The molecular weight excluding hydrogens is 227 g/mol. The van der Waals surface area contributed by atoms with Crippen molar-refractivity contribution in [1.82, 2.24) is 0 Å². The zero-order valence-corrected chi connectivity index (χ0v) is 7.61. The molecule has 0 amide bonds. The first-order chi connectivity index (χ1) is 6.60. The summed E-state index contributed by atoms with van der Waals surface area (Å²) in [6.45, 7) is 1.22. The molecule has 15 heavy (non-hydrogen) atoms. The first kappa shape index (κ1) is 13.9. The Morgan fingerprint density at radius 1 is 1.33 bits per heavy atom. The number of ether oxygens (including phenoxy) is 1. The molecule has 0 spiro atoms. The fraction of sp³-hybridized carbons (Fsp3) is 0.857. The molecule has 1 atom stereocenters. The molecule has 0 aromatic heterocycles. The van der Waals surface area contributed by atoms with Crippen LogP contribution >= 0.6 is 0 Å². The molecule has 0 aliphatic carbocycles. The minimum Gasteiger partial charge on any atom is -0.546 e. The second-order valence-corrected chi connectivity index (χ2v) is 2.80. The van der Waals surface area contributed by atoms with Gasteiger partial charge in [-0.15, -0.1) is 0 Å².